The molecule has 1 aromatic rings. The van der Waals surface area contributed by atoms with E-state index < -0.39 is 21.9 Å². The van der Waals surface area contributed by atoms with Crippen molar-refractivity contribution in [3.63, 3.8) is 0 Å². The predicted molar refractivity (Wildman–Crippen MR) is 74.8 cm³/mol. The van der Waals surface area contributed by atoms with Crippen LogP contribution in [0, 0.1) is 15.5 Å². The summed E-state index contributed by atoms with van der Waals surface area (Å²) in [5.74, 6) is 0. The third-order valence-corrected chi connectivity index (χ3v) is 4.67. The van der Waals surface area contributed by atoms with Crippen LogP contribution in [0.4, 0.5) is 5.69 Å². The largest absolute Gasteiger partial charge is 0.350 e. The van der Waals surface area contributed by atoms with Gasteiger partial charge in [-0.2, -0.15) is 0 Å². The minimum Gasteiger partial charge on any atom is -0.293 e. The summed E-state index contributed by atoms with van der Waals surface area (Å²) in [6.45, 7) is 4.31. The van der Waals surface area contributed by atoms with Gasteiger partial charge in [0.25, 0.3) is 0 Å². The number of nitrogens with one attached hydrogen (secondary N) is 1. The van der Waals surface area contributed by atoms with Crippen molar-refractivity contribution in [1.29, 1.82) is 0 Å². The lowest BCUT2D eigenvalue weighted by Gasteiger charge is -2.29. The maximum absolute atomic E-state index is 11.7. The Bertz CT molecular complexity index is 566. The summed E-state index contributed by atoms with van der Waals surface area (Å²) >= 11 is 3.42. The second kappa shape index (κ2) is 6.14. The van der Waals surface area contributed by atoms with Gasteiger partial charge in [-0.05, 0) is 18.3 Å². The molecule has 1 heterocycles. The molecule has 0 fully saturated rings. The van der Waals surface area contributed by atoms with Gasteiger partial charge in [-0.1, -0.05) is 29.8 Å². The van der Waals surface area contributed by atoms with Crippen LogP contribution in [0.25, 0.3) is 0 Å². The monoisotopic (exact) mass is 333 g/mol. The Kier molecular flexibility index (Phi) is 5.04. The van der Waals surface area contributed by atoms with Crippen molar-refractivity contribution in [3.05, 3.63) is 37.1 Å². The summed E-state index contributed by atoms with van der Waals surface area (Å²) in [7, 11) is 0. The Hall–Kier alpha value is -1.44. The Labute approximate surface area is 117 Å². The van der Waals surface area contributed by atoms with Gasteiger partial charge in [0.2, 0.25) is 0 Å². The van der Waals surface area contributed by atoms with E-state index in [1.807, 2.05) is 18.8 Å². The summed E-state index contributed by atoms with van der Waals surface area (Å²) < 4.78 is 1.20. The molecule has 0 aliphatic heterocycles. The van der Waals surface area contributed by atoms with Crippen LogP contribution in [0.5, 0.6) is 0 Å². The molecule has 0 spiro atoms. The van der Waals surface area contributed by atoms with Crippen LogP contribution in [0.2, 0.25) is 0 Å². The molecule has 0 unspecified atom stereocenters. The lowest BCUT2D eigenvalue weighted by Crippen LogP contribution is -2.37. The van der Waals surface area contributed by atoms with Crippen LogP contribution in [0.1, 0.15) is 26.7 Å². The maximum Gasteiger partial charge on any atom is 0.350 e. The highest BCUT2D eigenvalue weighted by atomic mass is 79.9. The van der Waals surface area contributed by atoms with Crippen LogP contribution in [-0.2, 0) is 6.54 Å². The Morgan fingerprint density at radius 2 is 2.00 bits per heavy atom. The number of hydrogen-bond donors (Lipinski definition) is 1. The maximum atomic E-state index is 11.7. The van der Waals surface area contributed by atoms with Gasteiger partial charge in [-0.15, -0.1) is 0 Å². The fraction of sp³-hybridized carbons (Fsp3) is 0.636. The van der Waals surface area contributed by atoms with Crippen molar-refractivity contribution in [2.24, 2.45) is 5.41 Å². The molecule has 19 heavy (non-hydrogen) atoms. The SMILES string of the molecule is CCC(CC)(CBr)Cn1cc([N+](=O)[O-])c(=O)[nH]c1=O. The quantitative estimate of drug-likeness (QED) is 0.486. The first-order chi connectivity index (χ1) is 8.89. The van der Waals surface area contributed by atoms with Gasteiger partial charge in [0, 0.05) is 11.9 Å². The number of nitrogens with zero attached hydrogens (tertiary/aromatic N) is 2. The molecule has 0 radical (unpaired) electrons. The van der Waals surface area contributed by atoms with Gasteiger partial charge in [0.05, 0.1) is 11.1 Å². The topological polar surface area (TPSA) is 98.0 Å². The average molecular weight is 334 g/mol. The summed E-state index contributed by atoms with van der Waals surface area (Å²) in [4.78, 5) is 34.9. The van der Waals surface area contributed by atoms with E-state index in [4.69, 9.17) is 0 Å². The van der Waals surface area contributed by atoms with Crippen molar-refractivity contribution >= 4 is 21.6 Å². The molecule has 8 heteroatoms. The molecular weight excluding hydrogens is 318 g/mol. The number of nitro groups is 1. The number of H-pyrrole nitrogens is 1. The zero-order chi connectivity index (χ0) is 14.6. The molecule has 1 aromatic heterocycles. The highest BCUT2D eigenvalue weighted by Gasteiger charge is 2.27. The van der Waals surface area contributed by atoms with E-state index in [9.17, 15) is 19.7 Å². The fourth-order valence-electron chi connectivity index (χ4n) is 1.81. The van der Waals surface area contributed by atoms with E-state index in [-0.39, 0.29) is 5.41 Å². The molecule has 1 N–H and O–H groups in total. The van der Waals surface area contributed by atoms with E-state index in [2.05, 4.69) is 15.9 Å². The summed E-state index contributed by atoms with van der Waals surface area (Å²) in [5.41, 5.74) is -2.38. The van der Waals surface area contributed by atoms with Crippen LogP contribution in [0.15, 0.2) is 15.8 Å². The Morgan fingerprint density at radius 3 is 2.42 bits per heavy atom. The molecular formula is C11H16BrN3O4. The minimum atomic E-state index is -0.969. The summed E-state index contributed by atoms with van der Waals surface area (Å²) in [6.07, 6.45) is 2.64. The van der Waals surface area contributed by atoms with E-state index in [0.29, 0.717) is 11.9 Å². The molecule has 0 amide bonds. The number of hydrogen-bond acceptors (Lipinski definition) is 4. The van der Waals surface area contributed by atoms with Crippen molar-refractivity contribution in [1.82, 2.24) is 9.55 Å². The molecule has 0 bridgehead atoms. The molecule has 0 saturated carbocycles. The second-order valence-electron chi connectivity index (χ2n) is 4.50. The highest BCUT2D eigenvalue weighted by Crippen LogP contribution is 2.30. The van der Waals surface area contributed by atoms with Gasteiger partial charge >= 0.3 is 16.9 Å². The molecule has 1 rings (SSSR count). The van der Waals surface area contributed by atoms with E-state index in [1.54, 1.807) is 0 Å². The first kappa shape index (κ1) is 15.6. The predicted octanol–water partition coefficient (Wildman–Crippen LogP) is 1.65. The van der Waals surface area contributed by atoms with Crippen LogP contribution in [-0.4, -0.2) is 19.8 Å². The zero-order valence-corrected chi connectivity index (χ0v) is 12.4. The molecule has 106 valence electrons. The number of alkyl halides is 1. The van der Waals surface area contributed by atoms with E-state index in [0.717, 1.165) is 19.0 Å². The standard InChI is InChI=1S/C11H16BrN3O4/c1-3-11(4-2,6-12)7-14-5-8(15(18)19)9(16)13-10(14)17/h5H,3-4,6-7H2,1-2H3,(H,13,16,17). The second-order valence-corrected chi connectivity index (χ2v) is 5.06. The number of aromatic nitrogens is 2. The number of halogens is 1. The van der Waals surface area contributed by atoms with Crippen LogP contribution >= 0.6 is 15.9 Å². The molecule has 0 aliphatic carbocycles. The molecule has 7 nitrogen and oxygen atoms in total. The third kappa shape index (κ3) is 3.31. The Balaban J connectivity index is 3.28. The van der Waals surface area contributed by atoms with Gasteiger partial charge in [-0.3, -0.25) is 24.5 Å². The van der Waals surface area contributed by atoms with Crippen molar-refractivity contribution in [3.8, 4) is 0 Å². The number of aromatic amines is 1. The zero-order valence-electron chi connectivity index (χ0n) is 10.8. The Morgan fingerprint density at radius 1 is 1.42 bits per heavy atom. The van der Waals surface area contributed by atoms with Crippen molar-refractivity contribution in [2.45, 2.75) is 33.2 Å². The lowest BCUT2D eigenvalue weighted by atomic mass is 9.84. The van der Waals surface area contributed by atoms with Crippen molar-refractivity contribution in [2.75, 3.05) is 5.33 Å². The molecule has 0 aliphatic rings. The fourth-order valence-corrected chi connectivity index (χ4v) is 2.78. The van der Waals surface area contributed by atoms with Crippen molar-refractivity contribution < 1.29 is 4.92 Å². The summed E-state index contributed by atoms with van der Waals surface area (Å²) in [6, 6.07) is 0. The number of rotatable bonds is 6. The smallest absolute Gasteiger partial charge is 0.293 e. The van der Waals surface area contributed by atoms with Gasteiger partial charge in [0.1, 0.15) is 0 Å². The molecule has 0 atom stereocenters. The normalized spacial score (nSPS) is 11.5. The first-order valence-corrected chi connectivity index (χ1v) is 7.05. The minimum absolute atomic E-state index is 0.171. The van der Waals surface area contributed by atoms with E-state index in [1.165, 1.54) is 4.57 Å². The lowest BCUT2D eigenvalue weighted by molar-refractivity contribution is -0.386. The third-order valence-electron chi connectivity index (χ3n) is 3.48. The van der Waals surface area contributed by atoms with Crippen LogP contribution in [0.3, 0.4) is 0 Å². The van der Waals surface area contributed by atoms with Gasteiger partial charge in [0.15, 0.2) is 0 Å². The van der Waals surface area contributed by atoms with Gasteiger partial charge < -0.3 is 0 Å². The van der Waals surface area contributed by atoms with Gasteiger partial charge in [-0.25, -0.2) is 4.79 Å². The molecule has 0 aromatic carbocycles. The molecule has 0 saturated heterocycles. The average Bonchev–Trinajstić information content (AvgIpc) is 2.38. The van der Waals surface area contributed by atoms with E-state index >= 15 is 0 Å². The van der Waals surface area contributed by atoms with Crippen LogP contribution < -0.4 is 11.2 Å². The highest BCUT2D eigenvalue weighted by molar-refractivity contribution is 9.09. The first-order valence-electron chi connectivity index (χ1n) is 5.93. The summed E-state index contributed by atoms with van der Waals surface area (Å²) in [5, 5.41) is 11.4.